The summed E-state index contributed by atoms with van der Waals surface area (Å²) in [5.74, 6) is 0.919. The lowest BCUT2D eigenvalue weighted by atomic mass is 10.0. The average molecular weight is 279 g/mol. The molecule has 0 unspecified atom stereocenters. The fourth-order valence-electron chi connectivity index (χ4n) is 2.54. The number of piperidine rings is 1. The molecular weight excluding hydrogens is 258 g/mol. The van der Waals surface area contributed by atoms with Crippen LogP contribution in [0.25, 0.3) is 6.08 Å². The maximum atomic E-state index is 5.80. The van der Waals surface area contributed by atoms with Crippen molar-refractivity contribution >= 4 is 6.08 Å². The second-order valence-corrected chi connectivity index (χ2v) is 5.43. The van der Waals surface area contributed by atoms with Crippen molar-refractivity contribution < 1.29 is 4.74 Å². The van der Waals surface area contributed by atoms with Crippen LogP contribution in [0.1, 0.15) is 24.0 Å². The fourth-order valence-corrected chi connectivity index (χ4v) is 2.54. The summed E-state index contributed by atoms with van der Waals surface area (Å²) in [5.41, 5.74) is 3.93. The Morgan fingerprint density at radius 3 is 2.52 bits per heavy atom. The Balaban J connectivity index is 1.59. The normalized spacial score (nSPS) is 16.9. The third-order valence-corrected chi connectivity index (χ3v) is 3.70. The van der Waals surface area contributed by atoms with Gasteiger partial charge in [0.25, 0.3) is 0 Å². The molecule has 1 saturated heterocycles. The zero-order chi connectivity index (χ0) is 14.3. The molecule has 0 amide bonds. The predicted octanol–water partition coefficient (Wildman–Crippen LogP) is 4.03. The average Bonchev–Trinajstić information content (AvgIpc) is 2.56. The summed E-state index contributed by atoms with van der Waals surface area (Å²) in [4.78, 5) is 0. The minimum atomic E-state index is 0.616. The Morgan fingerprint density at radius 1 is 1.00 bits per heavy atom. The molecule has 2 aromatic carbocycles. The van der Waals surface area contributed by atoms with Gasteiger partial charge in [-0.2, -0.15) is 0 Å². The molecule has 0 bridgehead atoms. The van der Waals surface area contributed by atoms with Gasteiger partial charge in [-0.15, -0.1) is 0 Å². The van der Waals surface area contributed by atoms with Gasteiger partial charge in [-0.1, -0.05) is 54.1 Å². The number of hydrogen-bond donors (Lipinski definition) is 1. The van der Waals surface area contributed by atoms with Crippen LogP contribution >= 0.6 is 0 Å². The van der Waals surface area contributed by atoms with Gasteiger partial charge in [-0.25, -0.2) is 0 Å². The van der Waals surface area contributed by atoms with Crippen molar-refractivity contribution in [1.82, 2.24) is 5.32 Å². The molecule has 2 aromatic rings. The minimum absolute atomic E-state index is 0.616. The monoisotopic (exact) mass is 279 g/mol. The van der Waals surface area contributed by atoms with Gasteiger partial charge in [-0.05, 0) is 42.6 Å². The number of nitrogens with one attached hydrogen (secondary N) is 1. The summed E-state index contributed by atoms with van der Waals surface area (Å²) >= 11 is 0. The molecule has 1 N–H and O–H groups in total. The molecule has 108 valence electrons. The Labute approximate surface area is 126 Å². The molecule has 3 rings (SSSR count). The van der Waals surface area contributed by atoms with Crippen LogP contribution < -0.4 is 10.1 Å². The molecule has 21 heavy (non-hydrogen) atoms. The van der Waals surface area contributed by atoms with Crippen molar-refractivity contribution in [3.8, 4) is 5.75 Å². The Hall–Kier alpha value is -2.06. The largest absolute Gasteiger partial charge is 0.489 e. The van der Waals surface area contributed by atoms with Crippen molar-refractivity contribution in [3.63, 3.8) is 0 Å². The number of hydrogen-bond acceptors (Lipinski definition) is 2. The lowest BCUT2D eigenvalue weighted by Crippen LogP contribution is -2.23. The molecular formula is C19H21NO. The van der Waals surface area contributed by atoms with Crippen LogP contribution in [0.5, 0.6) is 5.75 Å². The summed E-state index contributed by atoms with van der Waals surface area (Å²) in [6.07, 6.45) is 4.73. The van der Waals surface area contributed by atoms with E-state index in [0.29, 0.717) is 6.61 Å². The van der Waals surface area contributed by atoms with E-state index in [1.54, 1.807) is 0 Å². The highest BCUT2D eigenvalue weighted by Gasteiger charge is 2.04. The van der Waals surface area contributed by atoms with Crippen LogP contribution in [0.2, 0.25) is 0 Å². The van der Waals surface area contributed by atoms with E-state index >= 15 is 0 Å². The molecule has 1 fully saturated rings. The zero-order valence-corrected chi connectivity index (χ0v) is 12.2. The van der Waals surface area contributed by atoms with Gasteiger partial charge in [0.2, 0.25) is 0 Å². The van der Waals surface area contributed by atoms with E-state index in [1.807, 2.05) is 30.3 Å². The standard InChI is InChI=1S/C19H21NO/c1-2-5-17(6-3-1)15-21-19-10-8-16(9-11-19)13-18-7-4-12-20-14-18/h1-3,5-6,8-11,13,20H,4,7,12,14-15H2/b18-13-. The first kappa shape index (κ1) is 13.9. The van der Waals surface area contributed by atoms with Crippen molar-refractivity contribution in [2.75, 3.05) is 13.1 Å². The highest BCUT2D eigenvalue weighted by atomic mass is 16.5. The molecule has 2 heteroatoms. The minimum Gasteiger partial charge on any atom is -0.489 e. The highest BCUT2D eigenvalue weighted by Crippen LogP contribution is 2.18. The SMILES string of the molecule is C(=C1\CCCNC1)/c1ccc(OCc2ccccc2)cc1. The van der Waals surface area contributed by atoms with E-state index in [2.05, 4.69) is 35.7 Å². The number of ether oxygens (including phenoxy) is 1. The first-order valence-electron chi connectivity index (χ1n) is 7.57. The van der Waals surface area contributed by atoms with Crippen LogP contribution in [0, 0.1) is 0 Å². The molecule has 0 spiro atoms. The smallest absolute Gasteiger partial charge is 0.119 e. The van der Waals surface area contributed by atoms with Crippen LogP contribution in [0.4, 0.5) is 0 Å². The lowest BCUT2D eigenvalue weighted by molar-refractivity contribution is 0.306. The van der Waals surface area contributed by atoms with E-state index < -0.39 is 0 Å². The fraction of sp³-hybridized carbons (Fsp3) is 0.263. The zero-order valence-electron chi connectivity index (χ0n) is 12.2. The Bertz CT molecular complexity index is 579. The maximum Gasteiger partial charge on any atom is 0.119 e. The first-order valence-corrected chi connectivity index (χ1v) is 7.57. The topological polar surface area (TPSA) is 21.3 Å². The van der Waals surface area contributed by atoms with Crippen LogP contribution in [-0.4, -0.2) is 13.1 Å². The quantitative estimate of drug-likeness (QED) is 0.912. The third-order valence-electron chi connectivity index (χ3n) is 3.70. The number of rotatable bonds is 4. The van der Waals surface area contributed by atoms with Gasteiger partial charge in [0.15, 0.2) is 0 Å². The van der Waals surface area contributed by atoms with Gasteiger partial charge in [-0.3, -0.25) is 0 Å². The molecule has 2 nitrogen and oxygen atoms in total. The second-order valence-electron chi connectivity index (χ2n) is 5.43. The molecule has 0 radical (unpaired) electrons. The summed E-state index contributed by atoms with van der Waals surface area (Å²) in [5, 5.41) is 3.41. The summed E-state index contributed by atoms with van der Waals surface area (Å²) < 4.78 is 5.80. The van der Waals surface area contributed by atoms with Gasteiger partial charge in [0, 0.05) is 6.54 Å². The maximum absolute atomic E-state index is 5.80. The molecule has 0 saturated carbocycles. The summed E-state index contributed by atoms with van der Waals surface area (Å²) in [6.45, 7) is 2.78. The van der Waals surface area contributed by atoms with E-state index in [4.69, 9.17) is 4.74 Å². The molecule has 1 aliphatic rings. The molecule has 0 atom stereocenters. The van der Waals surface area contributed by atoms with Gasteiger partial charge in [0.05, 0.1) is 0 Å². The third kappa shape index (κ3) is 4.20. The Morgan fingerprint density at radius 2 is 1.81 bits per heavy atom. The van der Waals surface area contributed by atoms with Crippen LogP contribution in [-0.2, 0) is 6.61 Å². The van der Waals surface area contributed by atoms with Crippen LogP contribution in [0.3, 0.4) is 0 Å². The molecule has 0 aromatic heterocycles. The summed E-state index contributed by atoms with van der Waals surface area (Å²) in [6, 6.07) is 18.6. The lowest BCUT2D eigenvalue weighted by Gasteiger charge is -2.15. The van der Waals surface area contributed by atoms with Crippen LogP contribution in [0.15, 0.2) is 60.2 Å². The molecule has 1 aliphatic heterocycles. The highest BCUT2D eigenvalue weighted by molar-refractivity contribution is 5.54. The first-order chi connectivity index (χ1) is 10.4. The van der Waals surface area contributed by atoms with Crippen molar-refractivity contribution in [2.24, 2.45) is 0 Å². The van der Waals surface area contributed by atoms with Gasteiger partial charge < -0.3 is 10.1 Å². The predicted molar refractivity (Wildman–Crippen MR) is 87.3 cm³/mol. The molecule has 0 aliphatic carbocycles. The van der Waals surface area contributed by atoms with E-state index in [1.165, 1.54) is 29.5 Å². The molecule has 1 heterocycles. The Kier molecular flexibility index (Phi) is 4.70. The van der Waals surface area contributed by atoms with E-state index in [-0.39, 0.29) is 0 Å². The second kappa shape index (κ2) is 7.09. The van der Waals surface area contributed by atoms with Gasteiger partial charge >= 0.3 is 0 Å². The van der Waals surface area contributed by atoms with Crippen molar-refractivity contribution in [2.45, 2.75) is 19.4 Å². The van der Waals surface area contributed by atoms with Crippen molar-refractivity contribution in [3.05, 3.63) is 71.3 Å². The number of benzene rings is 2. The summed E-state index contributed by atoms with van der Waals surface area (Å²) in [7, 11) is 0. The van der Waals surface area contributed by atoms with E-state index in [0.717, 1.165) is 18.8 Å². The van der Waals surface area contributed by atoms with E-state index in [9.17, 15) is 0 Å². The van der Waals surface area contributed by atoms with Gasteiger partial charge in [0.1, 0.15) is 12.4 Å². The van der Waals surface area contributed by atoms with Crippen molar-refractivity contribution in [1.29, 1.82) is 0 Å².